The van der Waals surface area contributed by atoms with Gasteiger partial charge < -0.3 is 14.6 Å². The van der Waals surface area contributed by atoms with E-state index in [0.29, 0.717) is 31.3 Å². The molecular weight excluding hydrogens is 282 g/mol. The Balaban J connectivity index is 2.10. The second kappa shape index (κ2) is 5.94. The Hall–Kier alpha value is -1.38. The van der Waals surface area contributed by atoms with Crippen LogP contribution in [0.1, 0.15) is 23.8 Å². The van der Waals surface area contributed by atoms with Crippen molar-refractivity contribution < 1.29 is 17.9 Å². The molecule has 2 heterocycles. The van der Waals surface area contributed by atoms with Crippen molar-refractivity contribution in [1.29, 1.82) is 0 Å². The molecule has 1 aromatic heterocycles. The van der Waals surface area contributed by atoms with Crippen LogP contribution < -0.4 is 10.5 Å². The molecule has 1 unspecified atom stereocenters. The molecule has 0 bridgehead atoms. The van der Waals surface area contributed by atoms with Gasteiger partial charge in [0.1, 0.15) is 10.6 Å². The highest BCUT2D eigenvalue weighted by Crippen LogP contribution is 2.14. The average molecular weight is 301 g/mol. The first-order valence-electron chi connectivity index (χ1n) is 6.50. The van der Waals surface area contributed by atoms with E-state index < -0.39 is 10.0 Å². The molecule has 0 aromatic carbocycles. The fraction of sp³-hybridized carbons (Fsp3) is 0.583. The third kappa shape index (κ3) is 3.38. The Labute approximate surface area is 118 Å². The van der Waals surface area contributed by atoms with Crippen LogP contribution >= 0.6 is 0 Å². The van der Waals surface area contributed by atoms with E-state index in [-0.39, 0.29) is 10.8 Å². The summed E-state index contributed by atoms with van der Waals surface area (Å²) in [4.78, 5) is 12.1. The summed E-state index contributed by atoms with van der Waals surface area (Å²) in [6.07, 6.45) is 2.31. The van der Waals surface area contributed by atoms with Crippen LogP contribution in [0.25, 0.3) is 0 Å². The van der Waals surface area contributed by atoms with Crippen molar-refractivity contribution in [2.45, 2.75) is 24.8 Å². The number of amides is 1. The quantitative estimate of drug-likeness (QED) is 0.794. The van der Waals surface area contributed by atoms with E-state index in [4.69, 9.17) is 9.88 Å². The van der Waals surface area contributed by atoms with E-state index in [0.717, 1.165) is 13.0 Å². The number of hydrogen-bond donors (Lipinski definition) is 2. The lowest BCUT2D eigenvalue weighted by atomic mass is 10.1. The van der Waals surface area contributed by atoms with Gasteiger partial charge in [-0.25, -0.2) is 13.6 Å². The molecule has 1 aromatic rings. The lowest BCUT2D eigenvalue weighted by molar-refractivity contribution is 0.0936. The van der Waals surface area contributed by atoms with Crippen LogP contribution in [-0.4, -0.2) is 38.7 Å². The molecule has 7 nitrogen and oxygen atoms in total. The molecule has 3 N–H and O–H groups in total. The average Bonchev–Trinajstić information content (AvgIpc) is 3.03. The highest BCUT2D eigenvalue weighted by molar-refractivity contribution is 7.89. The van der Waals surface area contributed by atoms with Crippen molar-refractivity contribution in [2.75, 3.05) is 19.8 Å². The molecule has 1 aliphatic heterocycles. The Kier molecular flexibility index (Phi) is 4.46. The maximum atomic E-state index is 12.1. The third-order valence-electron chi connectivity index (χ3n) is 3.35. The van der Waals surface area contributed by atoms with Gasteiger partial charge in [-0.15, -0.1) is 0 Å². The molecule has 1 saturated heterocycles. The van der Waals surface area contributed by atoms with Crippen LogP contribution in [0.5, 0.6) is 0 Å². The van der Waals surface area contributed by atoms with Gasteiger partial charge in [0.2, 0.25) is 10.0 Å². The third-order valence-corrected chi connectivity index (χ3v) is 4.23. The minimum absolute atomic E-state index is 0.0475. The predicted molar refractivity (Wildman–Crippen MR) is 72.7 cm³/mol. The maximum Gasteiger partial charge on any atom is 0.267 e. The highest BCUT2D eigenvalue weighted by Gasteiger charge is 2.20. The van der Waals surface area contributed by atoms with E-state index in [1.807, 2.05) is 6.92 Å². The van der Waals surface area contributed by atoms with E-state index in [1.165, 1.54) is 12.3 Å². The molecule has 1 atom stereocenters. The van der Waals surface area contributed by atoms with E-state index in [1.54, 1.807) is 4.57 Å². The van der Waals surface area contributed by atoms with Gasteiger partial charge in [-0.3, -0.25) is 4.79 Å². The van der Waals surface area contributed by atoms with Crippen LogP contribution in [0.4, 0.5) is 0 Å². The fourth-order valence-electron chi connectivity index (χ4n) is 2.16. The van der Waals surface area contributed by atoms with Gasteiger partial charge in [-0.1, -0.05) is 0 Å². The molecule has 1 amide bonds. The molecule has 8 heteroatoms. The van der Waals surface area contributed by atoms with Gasteiger partial charge in [0.05, 0.1) is 6.61 Å². The van der Waals surface area contributed by atoms with Crippen LogP contribution in [0.3, 0.4) is 0 Å². The van der Waals surface area contributed by atoms with Crippen molar-refractivity contribution in [3.8, 4) is 0 Å². The van der Waals surface area contributed by atoms with Gasteiger partial charge in [0, 0.05) is 31.8 Å². The number of nitrogens with one attached hydrogen (secondary N) is 1. The van der Waals surface area contributed by atoms with Crippen LogP contribution in [0.15, 0.2) is 17.2 Å². The maximum absolute atomic E-state index is 12.1. The predicted octanol–water partition coefficient (Wildman–Crippen LogP) is -0.0783. The number of rotatable bonds is 5. The van der Waals surface area contributed by atoms with Gasteiger partial charge in [0.15, 0.2) is 0 Å². The molecule has 1 fully saturated rings. The second-order valence-corrected chi connectivity index (χ2v) is 6.39. The summed E-state index contributed by atoms with van der Waals surface area (Å²) >= 11 is 0. The summed E-state index contributed by atoms with van der Waals surface area (Å²) in [5.74, 6) is 0.0235. The number of primary sulfonamides is 1. The summed E-state index contributed by atoms with van der Waals surface area (Å²) in [5, 5.41) is 7.88. The van der Waals surface area contributed by atoms with Crippen LogP contribution in [-0.2, 0) is 21.3 Å². The number of nitrogens with two attached hydrogens (primary N) is 1. The van der Waals surface area contributed by atoms with E-state index >= 15 is 0 Å². The van der Waals surface area contributed by atoms with Gasteiger partial charge in [-0.05, 0) is 19.4 Å². The summed E-state index contributed by atoms with van der Waals surface area (Å²) in [5.41, 5.74) is 0.301. The number of aryl methyl sites for hydroxylation is 1. The summed E-state index contributed by atoms with van der Waals surface area (Å²) < 4.78 is 29.4. The number of aromatic nitrogens is 1. The SMILES string of the molecule is CCn1cc(S(N)(=O)=O)cc1C(=O)NCC1CCOC1. The Morgan fingerprint density at radius 1 is 1.60 bits per heavy atom. The molecule has 2 rings (SSSR count). The number of carbonyl (C=O) groups excluding carboxylic acids is 1. The van der Waals surface area contributed by atoms with Crippen molar-refractivity contribution in [3.63, 3.8) is 0 Å². The minimum atomic E-state index is -3.80. The molecule has 0 radical (unpaired) electrons. The first kappa shape index (κ1) is 15.0. The first-order valence-corrected chi connectivity index (χ1v) is 8.05. The molecule has 0 spiro atoms. The molecule has 0 saturated carbocycles. The zero-order chi connectivity index (χ0) is 14.8. The van der Waals surface area contributed by atoms with Crippen molar-refractivity contribution in [3.05, 3.63) is 18.0 Å². The van der Waals surface area contributed by atoms with Crippen LogP contribution in [0.2, 0.25) is 0 Å². The zero-order valence-corrected chi connectivity index (χ0v) is 12.1. The van der Waals surface area contributed by atoms with Gasteiger partial charge in [-0.2, -0.15) is 0 Å². The van der Waals surface area contributed by atoms with Gasteiger partial charge >= 0.3 is 0 Å². The number of nitrogens with zero attached hydrogens (tertiary/aromatic N) is 1. The summed E-state index contributed by atoms with van der Waals surface area (Å²) in [7, 11) is -3.80. The van der Waals surface area contributed by atoms with Gasteiger partial charge in [0.25, 0.3) is 5.91 Å². The lowest BCUT2D eigenvalue weighted by Gasteiger charge is -2.10. The Bertz CT molecular complexity index is 588. The largest absolute Gasteiger partial charge is 0.381 e. The van der Waals surface area contributed by atoms with E-state index in [9.17, 15) is 13.2 Å². The molecular formula is C12H19N3O4S. The fourth-order valence-corrected chi connectivity index (χ4v) is 2.71. The van der Waals surface area contributed by atoms with E-state index in [2.05, 4.69) is 5.32 Å². The molecule has 112 valence electrons. The molecule has 0 aliphatic carbocycles. The number of carbonyl (C=O) groups is 1. The summed E-state index contributed by atoms with van der Waals surface area (Å²) in [6, 6.07) is 1.30. The number of sulfonamides is 1. The normalized spacial score (nSPS) is 19.2. The van der Waals surface area contributed by atoms with Crippen molar-refractivity contribution in [1.82, 2.24) is 9.88 Å². The number of hydrogen-bond acceptors (Lipinski definition) is 4. The monoisotopic (exact) mass is 301 g/mol. The zero-order valence-electron chi connectivity index (χ0n) is 11.3. The molecule has 1 aliphatic rings. The Morgan fingerprint density at radius 2 is 2.35 bits per heavy atom. The van der Waals surface area contributed by atoms with Crippen molar-refractivity contribution in [2.24, 2.45) is 11.1 Å². The van der Waals surface area contributed by atoms with Crippen molar-refractivity contribution >= 4 is 15.9 Å². The van der Waals surface area contributed by atoms with Crippen LogP contribution in [0, 0.1) is 5.92 Å². The lowest BCUT2D eigenvalue weighted by Crippen LogP contribution is -2.30. The number of ether oxygens (including phenoxy) is 1. The minimum Gasteiger partial charge on any atom is -0.381 e. The molecule has 20 heavy (non-hydrogen) atoms. The standard InChI is InChI=1S/C12H19N3O4S/c1-2-15-7-10(20(13,17)18)5-11(15)12(16)14-6-9-3-4-19-8-9/h5,7,9H,2-4,6,8H2,1H3,(H,14,16)(H2,13,17,18). The topological polar surface area (TPSA) is 103 Å². The Morgan fingerprint density at radius 3 is 2.90 bits per heavy atom. The second-order valence-electron chi connectivity index (χ2n) is 4.83. The highest BCUT2D eigenvalue weighted by atomic mass is 32.2. The smallest absolute Gasteiger partial charge is 0.267 e. The summed E-state index contributed by atoms with van der Waals surface area (Å²) in [6.45, 7) is 4.22. The first-order chi connectivity index (χ1) is 9.41.